The minimum absolute atomic E-state index is 0.0127. The van der Waals surface area contributed by atoms with Crippen LogP contribution in [-0.2, 0) is 4.79 Å². The van der Waals surface area contributed by atoms with Crippen LogP contribution in [0.2, 0.25) is 5.02 Å². The second kappa shape index (κ2) is 7.14. The van der Waals surface area contributed by atoms with Gasteiger partial charge >= 0.3 is 5.97 Å². The second-order valence-electron chi connectivity index (χ2n) is 5.95. The van der Waals surface area contributed by atoms with Crippen molar-refractivity contribution in [1.82, 2.24) is 0 Å². The van der Waals surface area contributed by atoms with Crippen molar-refractivity contribution < 1.29 is 14.6 Å². The van der Waals surface area contributed by atoms with Gasteiger partial charge < -0.3 is 15.2 Å². The number of aliphatic carboxylic acids is 1. The molecule has 3 rings (SSSR count). The van der Waals surface area contributed by atoms with Gasteiger partial charge in [-0.2, -0.15) is 0 Å². The lowest BCUT2D eigenvalue weighted by Gasteiger charge is -2.32. The topological polar surface area (TPSA) is 58.6 Å². The predicted molar refractivity (Wildman–Crippen MR) is 95.2 cm³/mol. The van der Waals surface area contributed by atoms with E-state index in [2.05, 4.69) is 12.2 Å². The highest BCUT2D eigenvalue weighted by Gasteiger charge is 2.32. The molecule has 2 aromatic carbocycles. The number of nitrogens with one attached hydrogen (secondary N) is 1. The van der Waals surface area contributed by atoms with Crippen LogP contribution in [0.5, 0.6) is 5.75 Å². The van der Waals surface area contributed by atoms with Crippen LogP contribution < -0.4 is 10.1 Å². The largest absolute Gasteiger partial charge is 0.494 e. The molecule has 0 saturated heterocycles. The van der Waals surface area contributed by atoms with E-state index in [0.29, 0.717) is 23.7 Å². The molecule has 1 aliphatic rings. The van der Waals surface area contributed by atoms with Gasteiger partial charge in [-0.25, -0.2) is 4.79 Å². The number of para-hydroxylation sites is 1. The normalized spacial score (nSPS) is 19.2. The molecule has 0 fully saturated rings. The molecule has 5 heteroatoms. The summed E-state index contributed by atoms with van der Waals surface area (Å²) in [6.07, 6.45) is 1.44. The molecular weight excluding hydrogens is 326 g/mol. The summed E-state index contributed by atoms with van der Waals surface area (Å²) in [6, 6.07) is 12.9. The minimum Gasteiger partial charge on any atom is -0.494 e. The van der Waals surface area contributed by atoms with E-state index in [1.807, 2.05) is 36.4 Å². The molecule has 0 bridgehead atoms. The molecule has 24 heavy (non-hydrogen) atoms. The van der Waals surface area contributed by atoms with Crippen molar-refractivity contribution >= 4 is 23.3 Å². The number of halogens is 1. The van der Waals surface area contributed by atoms with Gasteiger partial charge in [-0.3, -0.25) is 0 Å². The van der Waals surface area contributed by atoms with Gasteiger partial charge in [0.05, 0.1) is 17.3 Å². The van der Waals surface area contributed by atoms with Crippen LogP contribution in [0.4, 0.5) is 5.69 Å². The van der Waals surface area contributed by atoms with E-state index in [1.54, 1.807) is 6.07 Å². The third kappa shape index (κ3) is 3.34. The molecule has 2 atom stereocenters. The van der Waals surface area contributed by atoms with Crippen LogP contribution in [0.15, 0.2) is 42.5 Å². The summed E-state index contributed by atoms with van der Waals surface area (Å²) >= 11 is 6.27. The van der Waals surface area contributed by atoms with Gasteiger partial charge in [-0.05, 0) is 42.2 Å². The molecule has 2 N–H and O–H groups in total. The Morgan fingerprint density at radius 2 is 2.04 bits per heavy atom. The fourth-order valence-electron chi connectivity index (χ4n) is 3.07. The highest BCUT2D eigenvalue weighted by Crippen LogP contribution is 2.42. The van der Waals surface area contributed by atoms with E-state index in [1.165, 1.54) is 0 Å². The van der Waals surface area contributed by atoms with Crippen molar-refractivity contribution in [1.29, 1.82) is 0 Å². The van der Waals surface area contributed by atoms with Gasteiger partial charge in [0.1, 0.15) is 11.8 Å². The SMILES string of the molecule is CCCOc1ccc(C2CC(C(=O)O)Nc3c(Cl)cccc32)cc1. The van der Waals surface area contributed by atoms with Crippen molar-refractivity contribution in [2.24, 2.45) is 0 Å². The fraction of sp³-hybridized carbons (Fsp3) is 0.316. The Kier molecular flexibility index (Phi) is 4.95. The molecule has 2 aromatic rings. The zero-order valence-corrected chi connectivity index (χ0v) is 14.2. The quantitative estimate of drug-likeness (QED) is 0.835. The van der Waals surface area contributed by atoms with Crippen molar-refractivity contribution in [3.05, 3.63) is 58.6 Å². The molecule has 2 unspecified atom stereocenters. The first kappa shape index (κ1) is 16.7. The van der Waals surface area contributed by atoms with Crippen LogP contribution in [0, 0.1) is 0 Å². The van der Waals surface area contributed by atoms with Crippen molar-refractivity contribution in [2.75, 3.05) is 11.9 Å². The third-order valence-electron chi connectivity index (χ3n) is 4.26. The fourth-order valence-corrected chi connectivity index (χ4v) is 3.31. The van der Waals surface area contributed by atoms with E-state index in [-0.39, 0.29) is 5.92 Å². The lowest BCUT2D eigenvalue weighted by Crippen LogP contribution is -2.35. The number of carboxylic acid groups (broad SMARTS) is 1. The van der Waals surface area contributed by atoms with Crippen molar-refractivity contribution in [3.63, 3.8) is 0 Å². The van der Waals surface area contributed by atoms with Gasteiger partial charge in [0.15, 0.2) is 0 Å². The summed E-state index contributed by atoms with van der Waals surface area (Å²) in [4.78, 5) is 11.5. The van der Waals surface area contributed by atoms with Crippen LogP contribution in [-0.4, -0.2) is 23.7 Å². The average Bonchev–Trinajstić information content (AvgIpc) is 2.60. The number of hydrogen-bond donors (Lipinski definition) is 2. The van der Waals surface area contributed by atoms with Gasteiger partial charge in [0.2, 0.25) is 0 Å². The maximum Gasteiger partial charge on any atom is 0.326 e. The monoisotopic (exact) mass is 345 g/mol. The number of ether oxygens (including phenoxy) is 1. The molecule has 0 aliphatic carbocycles. The molecule has 1 aliphatic heterocycles. The van der Waals surface area contributed by atoms with E-state index in [4.69, 9.17) is 16.3 Å². The maximum atomic E-state index is 11.5. The van der Waals surface area contributed by atoms with Crippen LogP contribution in [0.3, 0.4) is 0 Å². The molecule has 4 nitrogen and oxygen atoms in total. The second-order valence-corrected chi connectivity index (χ2v) is 6.35. The summed E-state index contributed by atoms with van der Waals surface area (Å²) in [5, 5.41) is 13.0. The third-order valence-corrected chi connectivity index (χ3v) is 4.58. The smallest absolute Gasteiger partial charge is 0.326 e. The van der Waals surface area contributed by atoms with E-state index in [0.717, 1.165) is 23.3 Å². The Hall–Kier alpha value is -2.20. The highest BCUT2D eigenvalue weighted by atomic mass is 35.5. The molecule has 0 amide bonds. The first-order valence-electron chi connectivity index (χ1n) is 8.10. The van der Waals surface area contributed by atoms with Gasteiger partial charge in [-0.1, -0.05) is 42.8 Å². The Morgan fingerprint density at radius 3 is 2.71 bits per heavy atom. The van der Waals surface area contributed by atoms with Crippen molar-refractivity contribution in [3.8, 4) is 5.75 Å². The molecule has 0 spiro atoms. The number of carboxylic acids is 1. The molecular formula is C19H20ClNO3. The molecule has 126 valence electrons. The lowest BCUT2D eigenvalue weighted by atomic mass is 9.82. The number of carbonyl (C=O) groups is 1. The lowest BCUT2D eigenvalue weighted by molar-refractivity contribution is -0.138. The number of benzene rings is 2. The highest BCUT2D eigenvalue weighted by molar-refractivity contribution is 6.33. The number of hydrogen-bond acceptors (Lipinski definition) is 3. The zero-order valence-electron chi connectivity index (χ0n) is 13.5. The summed E-state index contributed by atoms with van der Waals surface area (Å²) in [5.74, 6) is -0.0506. The molecule has 0 saturated carbocycles. The predicted octanol–water partition coefficient (Wildman–Crippen LogP) is 4.53. The zero-order chi connectivity index (χ0) is 17.1. The Labute approximate surface area is 146 Å². The maximum absolute atomic E-state index is 11.5. The van der Waals surface area contributed by atoms with Crippen LogP contribution >= 0.6 is 11.6 Å². The van der Waals surface area contributed by atoms with Gasteiger partial charge in [0, 0.05) is 5.92 Å². The molecule has 1 heterocycles. The van der Waals surface area contributed by atoms with E-state index < -0.39 is 12.0 Å². The Bertz CT molecular complexity index is 730. The Balaban J connectivity index is 1.94. The summed E-state index contributed by atoms with van der Waals surface area (Å²) in [5.41, 5.74) is 2.81. The van der Waals surface area contributed by atoms with E-state index in [9.17, 15) is 9.90 Å². The number of anilines is 1. The van der Waals surface area contributed by atoms with E-state index >= 15 is 0 Å². The first-order valence-corrected chi connectivity index (χ1v) is 8.48. The number of rotatable bonds is 5. The van der Waals surface area contributed by atoms with Gasteiger partial charge in [-0.15, -0.1) is 0 Å². The Morgan fingerprint density at radius 1 is 1.29 bits per heavy atom. The van der Waals surface area contributed by atoms with Crippen molar-refractivity contribution in [2.45, 2.75) is 31.7 Å². The summed E-state index contributed by atoms with van der Waals surface area (Å²) in [6.45, 7) is 2.75. The summed E-state index contributed by atoms with van der Waals surface area (Å²) in [7, 11) is 0. The summed E-state index contributed by atoms with van der Waals surface area (Å²) < 4.78 is 5.62. The average molecular weight is 346 g/mol. The standard InChI is InChI=1S/C19H20ClNO3/c1-2-10-24-13-8-6-12(7-9-13)15-11-17(19(22)23)21-18-14(15)4-3-5-16(18)20/h3-9,15,17,21H,2,10-11H2,1H3,(H,22,23). The van der Waals surface area contributed by atoms with Gasteiger partial charge in [0.25, 0.3) is 0 Å². The molecule has 0 aromatic heterocycles. The molecule has 0 radical (unpaired) electrons. The van der Waals surface area contributed by atoms with Crippen LogP contribution in [0.25, 0.3) is 0 Å². The first-order chi connectivity index (χ1) is 11.6. The minimum atomic E-state index is -0.867. The number of fused-ring (bicyclic) bond motifs is 1. The van der Waals surface area contributed by atoms with Crippen LogP contribution in [0.1, 0.15) is 36.8 Å².